The van der Waals surface area contributed by atoms with E-state index < -0.39 is 17.9 Å². The molecule has 0 unspecified atom stereocenters. The summed E-state index contributed by atoms with van der Waals surface area (Å²) in [6.07, 6.45) is 2.02. The van der Waals surface area contributed by atoms with Crippen LogP contribution in [0.4, 0.5) is 0 Å². The van der Waals surface area contributed by atoms with Crippen molar-refractivity contribution in [1.82, 2.24) is 15.3 Å². The number of nitrogens with zero attached hydrogens (tertiary/aromatic N) is 1. The first-order valence-corrected chi connectivity index (χ1v) is 7.03. The number of aliphatic carboxylic acids is 1. The summed E-state index contributed by atoms with van der Waals surface area (Å²) in [5.74, 6) is -1.47. The first kappa shape index (κ1) is 14.3. The van der Waals surface area contributed by atoms with Crippen molar-refractivity contribution >= 4 is 23.2 Å². The molecule has 7 heteroatoms. The van der Waals surface area contributed by atoms with E-state index in [-0.39, 0.29) is 0 Å². The van der Waals surface area contributed by atoms with Crippen LogP contribution < -0.4 is 5.32 Å². The van der Waals surface area contributed by atoms with Gasteiger partial charge in [0.25, 0.3) is 5.91 Å². The zero-order valence-electron chi connectivity index (χ0n) is 11.1. The normalized spacial score (nSPS) is 12.1. The van der Waals surface area contributed by atoms with Crippen LogP contribution in [0.25, 0.3) is 11.3 Å². The summed E-state index contributed by atoms with van der Waals surface area (Å²) in [5, 5.41) is 14.2. The molecule has 2 rings (SSSR count). The number of hydrogen-bond acceptors (Lipinski definition) is 4. The van der Waals surface area contributed by atoms with Crippen molar-refractivity contribution in [2.24, 2.45) is 0 Å². The monoisotopic (exact) mass is 293 g/mol. The third-order valence-electron chi connectivity index (χ3n) is 2.85. The van der Waals surface area contributed by atoms with E-state index in [0.717, 1.165) is 16.3 Å². The quantitative estimate of drug-likeness (QED) is 0.786. The van der Waals surface area contributed by atoms with Gasteiger partial charge in [-0.15, -0.1) is 11.3 Å². The maximum Gasteiger partial charge on any atom is 0.326 e. The maximum absolute atomic E-state index is 11.9. The number of rotatable bonds is 5. The summed E-state index contributed by atoms with van der Waals surface area (Å²) in [6.45, 7) is 3.62. The highest BCUT2D eigenvalue weighted by Gasteiger charge is 2.19. The zero-order chi connectivity index (χ0) is 14.7. The van der Waals surface area contributed by atoms with Gasteiger partial charge in [-0.25, -0.2) is 9.78 Å². The highest BCUT2D eigenvalue weighted by molar-refractivity contribution is 7.09. The minimum Gasteiger partial charge on any atom is -0.480 e. The van der Waals surface area contributed by atoms with Gasteiger partial charge in [-0.3, -0.25) is 4.79 Å². The third-order valence-corrected chi connectivity index (χ3v) is 3.63. The molecule has 2 aromatic rings. The van der Waals surface area contributed by atoms with Gasteiger partial charge >= 0.3 is 5.97 Å². The van der Waals surface area contributed by atoms with Crippen molar-refractivity contribution in [3.63, 3.8) is 0 Å². The predicted octanol–water partition coefficient (Wildman–Crippen LogP) is 2.04. The molecule has 0 aliphatic rings. The first-order valence-electron chi connectivity index (χ1n) is 6.15. The van der Waals surface area contributed by atoms with Crippen LogP contribution in [0, 0.1) is 6.92 Å². The second kappa shape index (κ2) is 5.87. The Morgan fingerprint density at radius 2 is 2.30 bits per heavy atom. The first-order chi connectivity index (χ1) is 9.51. The lowest BCUT2D eigenvalue weighted by atomic mass is 10.2. The van der Waals surface area contributed by atoms with Crippen molar-refractivity contribution in [3.8, 4) is 11.3 Å². The summed E-state index contributed by atoms with van der Waals surface area (Å²) in [4.78, 5) is 30.0. The number of H-pyrrole nitrogens is 1. The van der Waals surface area contributed by atoms with Gasteiger partial charge in [0.15, 0.2) is 0 Å². The van der Waals surface area contributed by atoms with Gasteiger partial charge in [-0.1, -0.05) is 6.92 Å². The molecule has 0 aliphatic heterocycles. The molecule has 3 N–H and O–H groups in total. The van der Waals surface area contributed by atoms with E-state index in [0.29, 0.717) is 12.1 Å². The number of carboxylic acids is 1. The van der Waals surface area contributed by atoms with E-state index in [1.165, 1.54) is 11.3 Å². The van der Waals surface area contributed by atoms with E-state index in [4.69, 9.17) is 5.11 Å². The number of carbonyl (C=O) groups excluding carboxylic acids is 1. The van der Waals surface area contributed by atoms with Crippen LogP contribution in [-0.4, -0.2) is 33.0 Å². The number of carboxylic acid groups (broad SMARTS) is 1. The molecule has 0 radical (unpaired) electrons. The topological polar surface area (TPSA) is 95.1 Å². The van der Waals surface area contributed by atoms with Crippen LogP contribution in [0.3, 0.4) is 0 Å². The molecule has 20 heavy (non-hydrogen) atoms. The Morgan fingerprint density at radius 3 is 2.85 bits per heavy atom. The fraction of sp³-hybridized carbons (Fsp3) is 0.308. The number of aromatic amines is 1. The number of aryl methyl sites for hydroxylation is 1. The molecule has 2 aromatic heterocycles. The molecule has 2 heterocycles. The van der Waals surface area contributed by atoms with E-state index >= 15 is 0 Å². The van der Waals surface area contributed by atoms with Crippen molar-refractivity contribution in [3.05, 3.63) is 28.3 Å². The smallest absolute Gasteiger partial charge is 0.326 e. The predicted molar refractivity (Wildman–Crippen MR) is 75.8 cm³/mol. The third kappa shape index (κ3) is 3.05. The summed E-state index contributed by atoms with van der Waals surface area (Å²) >= 11 is 1.53. The van der Waals surface area contributed by atoms with Gasteiger partial charge in [0.1, 0.15) is 11.7 Å². The summed E-state index contributed by atoms with van der Waals surface area (Å²) in [6, 6.07) is 0.786. The second-order valence-electron chi connectivity index (χ2n) is 4.33. The van der Waals surface area contributed by atoms with Gasteiger partial charge < -0.3 is 15.4 Å². The van der Waals surface area contributed by atoms with Crippen LogP contribution in [0.5, 0.6) is 0 Å². The van der Waals surface area contributed by atoms with Crippen LogP contribution in [-0.2, 0) is 4.79 Å². The minimum absolute atomic E-state index is 0.324. The number of nitrogens with one attached hydrogen (secondary N) is 2. The molecule has 0 saturated carbocycles. The molecule has 6 nitrogen and oxygen atoms in total. The average molecular weight is 293 g/mol. The highest BCUT2D eigenvalue weighted by atomic mass is 32.1. The lowest BCUT2D eigenvalue weighted by Gasteiger charge is -2.10. The Labute approximate surface area is 119 Å². The molecule has 106 valence electrons. The van der Waals surface area contributed by atoms with Crippen molar-refractivity contribution in [2.45, 2.75) is 26.3 Å². The summed E-state index contributed by atoms with van der Waals surface area (Å²) < 4.78 is 0. The number of aromatic nitrogens is 2. The SMILES string of the molecule is CC[C@@H](NC(=O)c1cc(-c2csc(C)n2)c[nH]1)C(=O)O. The van der Waals surface area contributed by atoms with E-state index in [2.05, 4.69) is 15.3 Å². The fourth-order valence-electron chi connectivity index (χ4n) is 1.74. The molecule has 0 aromatic carbocycles. The van der Waals surface area contributed by atoms with Crippen LogP contribution >= 0.6 is 11.3 Å². The van der Waals surface area contributed by atoms with Gasteiger partial charge in [0.05, 0.1) is 10.7 Å². The number of hydrogen-bond donors (Lipinski definition) is 3. The summed E-state index contributed by atoms with van der Waals surface area (Å²) in [7, 11) is 0. The zero-order valence-corrected chi connectivity index (χ0v) is 12.0. The molecule has 1 amide bonds. The van der Waals surface area contributed by atoms with Gasteiger partial charge in [0.2, 0.25) is 0 Å². The van der Waals surface area contributed by atoms with Gasteiger partial charge in [-0.05, 0) is 19.4 Å². The lowest BCUT2D eigenvalue weighted by Crippen LogP contribution is -2.40. The minimum atomic E-state index is -1.04. The molecule has 0 saturated heterocycles. The lowest BCUT2D eigenvalue weighted by molar-refractivity contribution is -0.139. The van der Waals surface area contributed by atoms with Crippen LogP contribution in [0.2, 0.25) is 0 Å². The molecule has 0 bridgehead atoms. The molecular weight excluding hydrogens is 278 g/mol. The van der Waals surface area contributed by atoms with Gasteiger partial charge in [-0.2, -0.15) is 0 Å². The Hall–Kier alpha value is -2.15. The fourth-order valence-corrected chi connectivity index (χ4v) is 2.37. The number of thiazole rings is 1. The largest absolute Gasteiger partial charge is 0.480 e. The average Bonchev–Trinajstić information content (AvgIpc) is 3.03. The Kier molecular flexibility index (Phi) is 4.19. The van der Waals surface area contributed by atoms with Crippen molar-refractivity contribution in [1.29, 1.82) is 0 Å². The Balaban J connectivity index is 2.12. The van der Waals surface area contributed by atoms with Crippen LogP contribution in [0.15, 0.2) is 17.6 Å². The maximum atomic E-state index is 11.9. The second-order valence-corrected chi connectivity index (χ2v) is 5.39. The Bertz CT molecular complexity index is 632. The Morgan fingerprint density at radius 1 is 1.55 bits per heavy atom. The van der Waals surface area contributed by atoms with E-state index in [1.807, 2.05) is 12.3 Å². The molecule has 0 spiro atoms. The van der Waals surface area contributed by atoms with Gasteiger partial charge in [0, 0.05) is 17.1 Å². The summed E-state index contributed by atoms with van der Waals surface area (Å²) in [5.41, 5.74) is 1.93. The van der Waals surface area contributed by atoms with Crippen LogP contribution in [0.1, 0.15) is 28.8 Å². The highest BCUT2D eigenvalue weighted by Crippen LogP contribution is 2.22. The molecule has 0 aliphatic carbocycles. The molecule has 1 atom stereocenters. The van der Waals surface area contributed by atoms with Crippen molar-refractivity contribution < 1.29 is 14.7 Å². The molecular formula is C13H15N3O3S. The standard InChI is InChI=1S/C13H15N3O3S/c1-3-9(13(18)19)16-12(17)10-4-8(5-14-10)11-6-20-7(2)15-11/h4-6,9,14H,3H2,1-2H3,(H,16,17)(H,18,19)/t9-/m1/s1. The number of carbonyl (C=O) groups is 2. The van der Waals surface area contributed by atoms with Crippen molar-refractivity contribution in [2.75, 3.05) is 0 Å². The number of amides is 1. The van der Waals surface area contributed by atoms with E-state index in [1.54, 1.807) is 19.2 Å². The van der Waals surface area contributed by atoms with E-state index in [9.17, 15) is 9.59 Å². The molecule has 0 fully saturated rings.